The first-order valence-corrected chi connectivity index (χ1v) is 11.0. The third-order valence-corrected chi connectivity index (χ3v) is 5.75. The fraction of sp³-hybridized carbons (Fsp3) is 0.320. The Labute approximate surface area is 188 Å². The summed E-state index contributed by atoms with van der Waals surface area (Å²) in [6.45, 7) is 3.71. The van der Waals surface area contributed by atoms with Gasteiger partial charge in [-0.15, -0.1) is 0 Å². The Hall–Kier alpha value is -3.45. The number of rotatable bonds is 6. The molecule has 32 heavy (non-hydrogen) atoms. The summed E-state index contributed by atoms with van der Waals surface area (Å²) in [6.07, 6.45) is 2.70. The number of carbonyl (C=O) groups is 2. The maximum Gasteiger partial charge on any atom is 0.257 e. The van der Waals surface area contributed by atoms with E-state index in [0.717, 1.165) is 24.1 Å². The monoisotopic (exact) mass is 431 g/mol. The van der Waals surface area contributed by atoms with Crippen LogP contribution in [0, 0.1) is 0 Å². The highest BCUT2D eigenvalue weighted by molar-refractivity contribution is 5.99. The molecule has 2 heterocycles. The van der Waals surface area contributed by atoms with E-state index in [2.05, 4.69) is 22.3 Å². The van der Waals surface area contributed by atoms with Crippen molar-refractivity contribution in [3.05, 3.63) is 78.0 Å². The minimum absolute atomic E-state index is 0.00155. The smallest absolute Gasteiger partial charge is 0.257 e. The molecular weight excluding hydrogens is 402 g/mol. The predicted molar refractivity (Wildman–Crippen MR) is 124 cm³/mol. The Kier molecular flexibility index (Phi) is 6.97. The standard InChI is InChI=1S/C25H29N5O2/c1-26-23(31)19-28-13-8-14-29(16-15-28)25(32)22-18-30(17-20-9-4-2-5-10-20)27-24(22)21-11-6-3-7-12-21/h2-7,9-12,18H,8,13-17,19H2,1H3,(H,26,31). The zero-order valence-corrected chi connectivity index (χ0v) is 18.4. The molecule has 1 fully saturated rings. The van der Waals surface area contributed by atoms with Crippen molar-refractivity contribution < 1.29 is 9.59 Å². The largest absolute Gasteiger partial charge is 0.358 e. The van der Waals surface area contributed by atoms with Gasteiger partial charge in [0.1, 0.15) is 5.69 Å². The van der Waals surface area contributed by atoms with Gasteiger partial charge in [0.05, 0.1) is 18.7 Å². The van der Waals surface area contributed by atoms with Crippen LogP contribution in [0.25, 0.3) is 11.3 Å². The van der Waals surface area contributed by atoms with E-state index >= 15 is 0 Å². The van der Waals surface area contributed by atoms with Gasteiger partial charge in [0.25, 0.3) is 5.91 Å². The lowest BCUT2D eigenvalue weighted by Crippen LogP contribution is -2.39. The highest BCUT2D eigenvalue weighted by Gasteiger charge is 2.25. The quantitative estimate of drug-likeness (QED) is 0.651. The minimum atomic E-state index is -0.00930. The molecule has 1 saturated heterocycles. The summed E-state index contributed by atoms with van der Waals surface area (Å²) in [5, 5.41) is 7.45. The summed E-state index contributed by atoms with van der Waals surface area (Å²) in [7, 11) is 1.65. The average molecular weight is 432 g/mol. The van der Waals surface area contributed by atoms with Gasteiger partial charge < -0.3 is 10.2 Å². The van der Waals surface area contributed by atoms with Crippen molar-refractivity contribution in [1.82, 2.24) is 24.9 Å². The van der Waals surface area contributed by atoms with Gasteiger partial charge in [-0.1, -0.05) is 60.7 Å². The average Bonchev–Trinajstić information content (AvgIpc) is 3.11. The van der Waals surface area contributed by atoms with Crippen LogP contribution in [0.1, 0.15) is 22.3 Å². The maximum atomic E-state index is 13.6. The first kappa shape index (κ1) is 21.8. The highest BCUT2D eigenvalue weighted by Crippen LogP contribution is 2.24. The van der Waals surface area contributed by atoms with Crippen LogP contribution < -0.4 is 5.32 Å². The number of hydrogen-bond acceptors (Lipinski definition) is 4. The zero-order valence-electron chi connectivity index (χ0n) is 18.4. The van der Waals surface area contributed by atoms with E-state index in [0.29, 0.717) is 44.0 Å². The normalized spacial score (nSPS) is 14.7. The van der Waals surface area contributed by atoms with E-state index in [-0.39, 0.29) is 11.8 Å². The Morgan fingerprint density at radius 1 is 0.938 bits per heavy atom. The van der Waals surface area contributed by atoms with E-state index < -0.39 is 0 Å². The highest BCUT2D eigenvalue weighted by atomic mass is 16.2. The van der Waals surface area contributed by atoms with Crippen molar-refractivity contribution in [2.24, 2.45) is 0 Å². The van der Waals surface area contributed by atoms with Crippen LogP contribution in [0.3, 0.4) is 0 Å². The number of aromatic nitrogens is 2. The fourth-order valence-electron chi connectivity index (χ4n) is 4.02. The van der Waals surface area contributed by atoms with Crippen molar-refractivity contribution in [3.8, 4) is 11.3 Å². The number of nitrogens with one attached hydrogen (secondary N) is 1. The molecule has 4 rings (SSSR count). The Bertz CT molecular complexity index is 1050. The zero-order chi connectivity index (χ0) is 22.3. The van der Waals surface area contributed by atoms with E-state index in [4.69, 9.17) is 5.10 Å². The van der Waals surface area contributed by atoms with Gasteiger partial charge >= 0.3 is 0 Å². The first-order chi connectivity index (χ1) is 15.6. The molecule has 1 aliphatic heterocycles. The van der Waals surface area contributed by atoms with Crippen molar-refractivity contribution in [2.45, 2.75) is 13.0 Å². The SMILES string of the molecule is CNC(=O)CN1CCCN(C(=O)c2cn(Cc3ccccc3)nc2-c2ccccc2)CC1. The number of amides is 2. The molecule has 1 aliphatic rings. The molecule has 0 atom stereocenters. The molecule has 3 aromatic rings. The Morgan fingerprint density at radius 2 is 1.66 bits per heavy atom. The second-order valence-corrected chi connectivity index (χ2v) is 8.04. The van der Waals surface area contributed by atoms with Crippen LogP contribution >= 0.6 is 0 Å². The van der Waals surface area contributed by atoms with Crippen molar-refractivity contribution in [3.63, 3.8) is 0 Å². The number of likely N-dealkylation sites (N-methyl/N-ethyl adjacent to an activating group) is 1. The Balaban J connectivity index is 1.57. The molecule has 0 radical (unpaired) electrons. The molecule has 1 aromatic heterocycles. The molecule has 166 valence electrons. The molecule has 0 bridgehead atoms. The lowest BCUT2D eigenvalue weighted by Gasteiger charge is -2.21. The molecule has 2 aromatic carbocycles. The first-order valence-electron chi connectivity index (χ1n) is 11.0. The van der Waals surface area contributed by atoms with Gasteiger partial charge in [0.15, 0.2) is 0 Å². The summed E-state index contributed by atoms with van der Waals surface area (Å²) in [6, 6.07) is 20.0. The van der Waals surface area contributed by atoms with E-state index in [9.17, 15) is 9.59 Å². The van der Waals surface area contributed by atoms with Gasteiger partial charge in [-0.3, -0.25) is 19.2 Å². The summed E-state index contributed by atoms with van der Waals surface area (Å²) in [5.74, 6) is -0.0108. The van der Waals surface area contributed by atoms with Crippen molar-refractivity contribution >= 4 is 11.8 Å². The topological polar surface area (TPSA) is 70.5 Å². The van der Waals surface area contributed by atoms with Gasteiger partial charge in [-0.25, -0.2) is 0 Å². The molecule has 0 unspecified atom stereocenters. The minimum Gasteiger partial charge on any atom is -0.358 e. The van der Waals surface area contributed by atoms with E-state index in [1.807, 2.05) is 64.3 Å². The number of carbonyl (C=O) groups excluding carboxylic acids is 2. The molecular formula is C25H29N5O2. The van der Waals surface area contributed by atoms with Crippen LogP contribution in [-0.2, 0) is 11.3 Å². The molecule has 0 spiro atoms. The number of hydrogen-bond donors (Lipinski definition) is 1. The maximum absolute atomic E-state index is 13.6. The Morgan fingerprint density at radius 3 is 2.38 bits per heavy atom. The van der Waals surface area contributed by atoms with Crippen molar-refractivity contribution in [2.75, 3.05) is 39.8 Å². The van der Waals surface area contributed by atoms with Crippen molar-refractivity contribution in [1.29, 1.82) is 0 Å². The second-order valence-electron chi connectivity index (χ2n) is 8.04. The lowest BCUT2D eigenvalue weighted by molar-refractivity contribution is -0.121. The molecule has 7 heteroatoms. The van der Waals surface area contributed by atoms with E-state index in [1.54, 1.807) is 7.05 Å². The van der Waals surface area contributed by atoms with Gasteiger partial charge in [-0.2, -0.15) is 5.10 Å². The van der Waals surface area contributed by atoms with Crippen LogP contribution in [-0.4, -0.2) is 71.2 Å². The summed E-state index contributed by atoms with van der Waals surface area (Å²) in [4.78, 5) is 29.3. The van der Waals surface area contributed by atoms with Crippen LogP contribution in [0.4, 0.5) is 0 Å². The fourth-order valence-corrected chi connectivity index (χ4v) is 4.02. The molecule has 1 N–H and O–H groups in total. The lowest BCUT2D eigenvalue weighted by atomic mass is 10.1. The number of benzene rings is 2. The predicted octanol–water partition coefficient (Wildman–Crippen LogP) is 2.49. The second kappa shape index (κ2) is 10.2. The van der Waals surface area contributed by atoms with Gasteiger partial charge in [0, 0.05) is 45.0 Å². The van der Waals surface area contributed by atoms with Gasteiger partial charge in [-0.05, 0) is 12.0 Å². The molecule has 2 amide bonds. The molecule has 0 saturated carbocycles. The van der Waals surface area contributed by atoms with Crippen LogP contribution in [0.15, 0.2) is 66.9 Å². The van der Waals surface area contributed by atoms with Crippen LogP contribution in [0.2, 0.25) is 0 Å². The number of nitrogens with zero attached hydrogens (tertiary/aromatic N) is 4. The molecule has 7 nitrogen and oxygen atoms in total. The third-order valence-electron chi connectivity index (χ3n) is 5.75. The van der Waals surface area contributed by atoms with Crippen LogP contribution in [0.5, 0.6) is 0 Å². The summed E-state index contributed by atoms with van der Waals surface area (Å²) >= 11 is 0. The third kappa shape index (κ3) is 5.23. The summed E-state index contributed by atoms with van der Waals surface area (Å²) < 4.78 is 1.85. The van der Waals surface area contributed by atoms with E-state index in [1.165, 1.54) is 0 Å². The van der Waals surface area contributed by atoms with Gasteiger partial charge in [0.2, 0.25) is 5.91 Å². The summed E-state index contributed by atoms with van der Waals surface area (Å²) in [5.41, 5.74) is 3.39. The molecule has 0 aliphatic carbocycles.